The number of likely N-dealkylation sites (tertiary alicyclic amines) is 1. The highest BCUT2D eigenvalue weighted by atomic mass is 35.5. The van der Waals surface area contributed by atoms with Crippen molar-refractivity contribution in [1.29, 1.82) is 0 Å². The number of nitrogens with zero attached hydrogens (tertiary/aromatic N) is 1. The van der Waals surface area contributed by atoms with Crippen LogP contribution in [0.4, 0.5) is 0 Å². The maximum atomic E-state index is 12.7. The van der Waals surface area contributed by atoms with Crippen LogP contribution in [-0.2, 0) is 22.6 Å². The third-order valence-corrected chi connectivity index (χ3v) is 5.56. The van der Waals surface area contributed by atoms with E-state index in [-0.39, 0.29) is 5.91 Å². The van der Waals surface area contributed by atoms with Crippen molar-refractivity contribution < 1.29 is 19.0 Å². The Bertz CT molecular complexity index is 801. The second-order valence-electron chi connectivity index (χ2n) is 7.33. The molecule has 0 radical (unpaired) electrons. The molecule has 0 aromatic heterocycles. The van der Waals surface area contributed by atoms with Gasteiger partial charge in [-0.3, -0.25) is 4.79 Å². The molecular formula is C23H28ClNO4. The molecule has 1 aliphatic heterocycles. The van der Waals surface area contributed by atoms with Gasteiger partial charge in [-0.2, -0.15) is 0 Å². The molecule has 3 rings (SSSR count). The smallest absolute Gasteiger partial charge is 0.226 e. The monoisotopic (exact) mass is 417 g/mol. The van der Waals surface area contributed by atoms with Crippen molar-refractivity contribution in [2.45, 2.75) is 25.9 Å². The number of ether oxygens (including phenoxy) is 3. The van der Waals surface area contributed by atoms with Crippen LogP contribution in [0.5, 0.6) is 11.5 Å². The summed E-state index contributed by atoms with van der Waals surface area (Å²) < 4.78 is 16.4. The van der Waals surface area contributed by atoms with Gasteiger partial charge in [0.2, 0.25) is 5.91 Å². The lowest BCUT2D eigenvalue weighted by Gasteiger charge is -2.32. The maximum Gasteiger partial charge on any atom is 0.226 e. The average Bonchev–Trinajstić information content (AvgIpc) is 2.75. The molecule has 0 unspecified atom stereocenters. The van der Waals surface area contributed by atoms with Crippen molar-refractivity contribution in [2.75, 3.05) is 33.9 Å². The number of amides is 1. The van der Waals surface area contributed by atoms with E-state index in [1.54, 1.807) is 14.2 Å². The molecule has 1 saturated heterocycles. The van der Waals surface area contributed by atoms with E-state index in [4.69, 9.17) is 25.8 Å². The average molecular weight is 418 g/mol. The molecule has 156 valence electrons. The lowest BCUT2D eigenvalue weighted by atomic mass is 9.97. The van der Waals surface area contributed by atoms with Crippen LogP contribution in [0.15, 0.2) is 42.5 Å². The Kier molecular flexibility index (Phi) is 7.78. The third kappa shape index (κ3) is 6.12. The molecule has 2 aromatic rings. The minimum Gasteiger partial charge on any atom is -0.493 e. The van der Waals surface area contributed by atoms with Gasteiger partial charge in [-0.25, -0.2) is 0 Å². The minimum atomic E-state index is 0.151. The Hall–Kier alpha value is -2.24. The third-order valence-electron chi connectivity index (χ3n) is 5.31. The summed E-state index contributed by atoms with van der Waals surface area (Å²) in [5, 5.41) is 0.735. The fourth-order valence-corrected chi connectivity index (χ4v) is 3.68. The second-order valence-corrected chi connectivity index (χ2v) is 7.77. The van der Waals surface area contributed by atoms with Crippen molar-refractivity contribution in [3.63, 3.8) is 0 Å². The van der Waals surface area contributed by atoms with E-state index in [1.807, 2.05) is 47.4 Å². The lowest BCUT2D eigenvalue weighted by Crippen LogP contribution is -2.40. The largest absolute Gasteiger partial charge is 0.493 e. The van der Waals surface area contributed by atoms with Gasteiger partial charge >= 0.3 is 0 Å². The van der Waals surface area contributed by atoms with E-state index in [9.17, 15) is 4.79 Å². The van der Waals surface area contributed by atoms with Crippen LogP contribution >= 0.6 is 11.6 Å². The number of hydrogen-bond donors (Lipinski definition) is 0. The summed E-state index contributed by atoms with van der Waals surface area (Å²) in [6.45, 7) is 2.87. The highest BCUT2D eigenvalue weighted by Crippen LogP contribution is 2.28. The predicted molar refractivity (Wildman–Crippen MR) is 114 cm³/mol. The molecule has 5 nitrogen and oxygen atoms in total. The molecule has 29 heavy (non-hydrogen) atoms. The standard InChI is InChI=1S/C23H28ClNO4/c1-27-21-8-5-19(13-22(21)28-2)14-23(26)25-11-9-18(10-12-25)16-29-15-17-3-6-20(24)7-4-17/h3-8,13,18H,9-12,14-16H2,1-2H3. The van der Waals surface area contributed by atoms with Crippen LogP contribution in [0, 0.1) is 5.92 Å². The SMILES string of the molecule is COc1ccc(CC(=O)N2CCC(COCc3ccc(Cl)cc3)CC2)cc1OC. The summed E-state index contributed by atoms with van der Waals surface area (Å²) in [5.41, 5.74) is 2.05. The maximum absolute atomic E-state index is 12.7. The summed E-state index contributed by atoms with van der Waals surface area (Å²) in [5.74, 6) is 1.96. The normalized spacial score (nSPS) is 14.7. The van der Waals surface area contributed by atoms with Crippen LogP contribution in [0.2, 0.25) is 5.02 Å². The van der Waals surface area contributed by atoms with Crippen molar-refractivity contribution in [1.82, 2.24) is 4.90 Å². The Morgan fingerprint density at radius 3 is 2.31 bits per heavy atom. The Morgan fingerprint density at radius 2 is 1.66 bits per heavy atom. The molecule has 1 amide bonds. The first-order chi connectivity index (χ1) is 14.1. The van der Waals surface area contributed by atoms with Crippen LogP contribution in [0.25, 0.3) is 0 Å². The van der Waals surface area contributed by atoms with E-state index >= 15 is 0 Å². The van der Waals surface area contributed by atoms with Crippen molar-refractivity contribution in [3.05, 3.63) is 58.6 Å². The van der Waals surface area contributed by atoms with Crippen molar-refractivity contribution in [3.8, 4) is 11.5 Å². The Morgan fingerprint density at radius 1 is 1.00 bits per heavy atom. The zero-order valence-corrected chi connectivity index (χ0v) is 17.8. The van der Waals surface area contributed by atoms with Gasteiger partial charge in [0.05, 0.1) is 27.2 Å². The zero-order valence-electron chi connectivity index (χ0n) is 17.0. The van der Waals surface area contributed by atoms with E-state index in [0.717, 1.165) is 48.7 Å². The fraction of sp³-hybridized carbons (Fsp3) is 0.435. The van der Waals surface area contributed by atoms with Gasteiger partial charge in [0.15, 0.2) is 11.5 Å². The number of halogens is 1. The van der Waals surface area contributed by atoms with Crippen LogP contribution in [-0.4, -0.2) is 44.7 Å². The van der Waals surface area contributed by atoms with E-state index in [2.05, 4.69) is 0 Å². The molecule has 0 N–H and O–H groups in total. The molecule has 0 aliphatic carbocycles. The van der Waals surface area contributed by atoms with Gasteiger partial charge in [-0.1, -0.05) is 29.8 Å². The first kappa shape index (κ1) is 21.5. The van der Waals surface area contributed by atoms with Gasteiger partial charge in [-0.15, -0.1) is 0 Å². The van der Waals surface area contributed by atoms with Crippen molar-refractivity contribution in [2.24, 2.45) is 5.92 Å². The molecule has 1 heterocycles. The summed E-state index contributed by atoms with van der Waals surface area (Å²) in [6, 6.07) is 13.3. The molecule has 2 aromatic carbocycles. The van der Waals surface area contributed by atoms with Crippen LogP contribution in [0.1, 0.15) is 24.0 Å². The molecular weight excluding hydrogens is 390 g/mol. The quantitative estimate of drug-likeness (QED) is 0.640. The summed E-state index contributed by atoms with van der Waals surface area (Å²) >= 11 is 5.90. The van der Waals surface area contributed by atoms with Crippen LogP contribution in [0.3, 0.4) is 0 Å². The number of hydrogen-bond acceptors (Lipinski definition) is 4. The number of methoxy groups -OCH3 is 2. The van der Waals surface area contributed by atoms with E-state index in [0.29, 0.717) is 30.4 Å². The summed E-state index contributed by atoms with van der Waals surface area (Å²) in [4.78, 5) is 14.6. The number of rotatable bonds is 8. The lowest BCUT2D eigenvalue weighted by molar-refractivity contribution is -0.132. The van der Waals surface area contributed by atoms with Gasteiger partial charge in [0, 0.05) is 24.7 Å². The van der Waals surface area contributed by atoms with Gasteiger partial charge < -0.3 is 19.1 Å². The van der Waals surface area contributed by atoms with Gasteiger partial charge in [0.25, 0.3) is 0 Å². The first-order valence-corrected chi connectivity index (χ1v) is 10.3. The fourth-order valence-electron chi connectivity index (χ4n) is 3.55. The molecule has 1 fully saturated rings. The summed E-state index contributed by atoms with van der Waals surface area (Å²) in [7, 11) is 3.20. The topological polar surface area (TPSA) is 48.0 Å². The highest BCUT2D eigenvalue weighted by Gasteiger charge is 2.23. The Balaban J connectivity index is 1.41. The van der Waals surface area contributed by atoms with Crippen LogP contribution < -0.4 is 9.47 Å². The number of carbonyl (C=O) groups is 1. The predicted octanol–water partition coefficient (Wildman–Crippen LogP) is 4.36. The number of piperidine rings is 1. The molecule has 0 bridgehead atoms. The number of benzene rings is 2. The van der Waals surface area contributed by atoms with Gasteiger partial charge in [0.1, 0.15) is 0 Å². The van der Waals surface area contributed by atoms with E-state index in [1.165, 1.54) is 0 Å². The Labute approximate surface area is 177 Å². The second kappa shape index (κ2) is 10.5. The molecule has 0 saturated carbocycles. The van der Waals surface area contributed by atoms with Gasteiger partial charge in [-0.05, 0) is 54.2 Å². The minimum absolute atomic E-state index is 0.151. The first-order valence-electron chi connectivity index (χ1n) is 9.90. The molecule has 0 spiro atoms. The van der Waals surface area contributed by atoms with E-state index < -0.39 is 0 Å². The highest BCUT2D eigenvalue weighted by molar-refractivity contribution is 6.30. The zero-order chi connectivity index (χ0) is 20.6. The number of carbonyl (C=O) groups excluding carboxylic acids is 1. The van der Waals surface area contributed by atoms with Crippen molar-refractivity contribution >= 4 is 17.5 Å². The molecule has 6 heteroatoms. The summed E-state index contributed by atoms with van der Waals surface area (Å²) in [6.07, 6.45) is 2.31. The molecule has 1 aliphatic rings. The molecule has 0 atom stereocenters.